The first-order valence-corrected chi connectivity index (χ1v) is 9.69. The minimum Gasteiger partial charge on any atom is -0.496 e. The summed E-state index contributed by atoms with van der Waals surface area (Å²) < 4.78 is 5.61. The fourth-order valence-electron chi connectivity index (χ4n) is 3.78. The molecule has 3 N–H and O–H groups in total. The molecule has 150 valence electrons. The molecule has 27 heavy (non-hydrogen) atoms. The highest BCUT2D eigenvalue weighted by Crippen LogP contribution is 2.44. The maximum atomic E-state index is 12.0. The quantitative estimate of drug-likeness (QED) is 0.528. The Morgan fingerprint density at radius 2 is 1.85 bits per heavy atom. The first-order valence-electron chi connectivity index (χ1n) is 9.69. The van der Waals surface area contributed by atoms with E-state index in [-0.39, 0.29) is 23.4 Å². The van der Waals surface area contributed by atoms with Crippen LogP contribution >= 0.6 is 0 Å². The Morgan fingerprint density at radius 1 is 1.19 bits per heavy atom. The zero-order chi connectivity index (χ0) is 19.9. The number of aliphatic imine (C=N–C) groups is 1. The highest BCUT2D eigenvalue weighted by Gasteiger charge is 2.37. The number of rotatable bonds is 6. The Bertz CT molecular complexity index is 658. The van der Waals surface area contributed by atoms with Gasteiger partial charge in [-0.05, 0) is 39.7 Å². The summed E-state index contributed by atoms with van der Waals surface area (Å²) in [4.78, 5) is 16.3. The molecule has 1 aromatic carbocycles. The van der Waals surface area contributed by atoms with E-state index in [9.17, 15) is 4.79 Å². The van der Waals surface area contributed by atoms with Crippen LogP contribution in [-0.2, 0) is 10.2 Å². The van der Waals surface area contributed by atoms with Crippen molar-refractivity contribution in [2.45, 2.75) is 57.4 Å². The molecule has 2 rings (SSSR count). The van der Waals surface area contributed by atoms with Crippen molar-refractivity contribution in [2.24, 2.45) is 4.99 Å². The second kappa shape index (κ2) is 9.11. The average molecular weight is 375 g/mol. The predicted molar refractivity (Wildman–Crippen MR) is 110 cm³/mol. The van der Waals surface area contributed by atoms with E-state index in [1.165, 1.54) is 18.4 Å². The van der Waals surface area contributed by atoms with Crippen LogP contribution in [0.15, 0.2) is 29.3 Å². The van der Waals surface area contributed by atoms with E-state index in [4.69, 9.17) is 4.74 Å². The third-order valence-electron chi connectivity index (χ3n) is 4.99. The van der Waals surface area contributed by atoms with Crippen molar-refractivity contribution in [3.05, 3.63) is 29.8 Å². The molecule has 0 atom stereocenters. The summed E-state index contributed by atoms with van der Waals surface area (Å²) in [5.41, 5.74) is 1.03. The molecule has 0 aromatic heterocycles. The van der Waals surface area contributed by atoms with Crippen LogP contribution < -0.4 is 20.7 Å². The summed E-state index contributed by atoms with van der Waals surface area (Å²) in [6.07, 6.45) is 4.64. The van der Waals surface area contributed by atoms with Crippen LogP contribution in [0.1, 0.15) is 52.0 Å². The second-order valence-electron chi connectivity index (χ2n) is 8.27. The number of carbonyl (C=O) groups is 1. The standard InChI is InChI=1S/C21H34N4O2/c1-20(2,3)25-18(26)14-23-19(22-4)24-15-21(12-8-9-13-21)16-10-6-7-11-17(16)27-5/h6-7,10-11H,8-9,12-15H2,1-5H3,(H,25,26)(H2,22,23,24). The average Bonchev–Trinajstić information content (AvgIpc) is 3.10. The van der Waals surface area contributed by atoms with Crippen molar-refractivity contribution in [3.63, 3.8) is 0 Å². The van der Waals surface area contributed by atoms with Gasteiger partial charge in [-0.25, -0.2) is 0 Å². The number of amides is 1. The predicted octanol–water partition coefficient (Wildman–Crippen LogP) is 2.59. The first kappa shape index (κ1) is 21.1. The van der Waals surface area contributed by atoms with Crippen molar-refractivity contribution in [1.29, 1.82) is 0 Å². The molecule has 0 aliphatic heterocycles. The lowest BCUT2D eigenvalue weighted by Gasteiger charge is -2.32. The van der Waals surface area contributed by atoms with Crippen molar-refractivity contribution in [1.82, 2.24) is 16.0 Å². The SMILES string of the molecule is CN=C(NCC(=O)NC(C)(C)C)NCC1(c2ccccc2OC)CCCC1. The zero-order valence-corrected chi connectivity index (χ0v) is 17.3. The number of benzene rings is 1. The molecule has 0 radical (unpaired) electrons. The maximum absolute atomic E-state index is 12.0. The molecule has 1 fully saturated rings. The summed E-state index contributed by atoms with van der Waals surface area (Å²) in [5.74, 6) is 1.53. The van der Waals surface area contributed by atoms with E-state index in [1.54, 1.807) is 14.2 Å². The fraction of sp³-hybridized carbons (Fsp3) is 0.619. The largest absolute Gasteiger partial charge is 0.496 e. The normalized spacial score (nSPS) is 16.7. The van der Waals surface area contributed by atoms with Gasteiger partial charge in [0.1, 0.15) is 5.75 Å². The molecule has 1 aliphatic rings. The highest BCUT2D eigenvalue weighted by atomic mass is 16.5. The fourth-order valence-corrected chi connectivity index (χ4v) is 3.78. The molecule has 0 spiro atoms. The molecule has 0 bridgehead atoms. The molecular weight excluding hydrogens is 340 g/mol. The van der Waals surface area contributed by atoms with Crippen molar-refractivity contribution in [2.75, 3.05) is 27.2 Å². The number of hydrogen-bond acceptors (Lipinski definition) is 3. The van der Waals surface area contributed by atoms with Crippen LogP contribution in [0.2, 0.25) is 0 Å². The monoisotopic (exact) mass is 374 g/mol. The van der Waals surface area contributed by atoms with Crippen LogP contribution in [0.3, 0.4) is 0 Å². The first-order chi connectivity index (χ1) is 12.8. The van der Waals surface area contributed by atoms with Gasteiger partial charge in [-0.3, -0.25) is 9.79 Å². The van der Waals surface area contributed by atoms with E-state index < -0.39 is 0 Å². The minimum atomic E-state index is -0.243. The van der Waals surface area contributed by atoms with Gasteiger partial charge in [0.2, 0.25) is 5.91 Å². The van der Waals surface area contributed by atoms with E-state index >= 15 is 0 Å². The number of guanidine groups is 1. The summed E-state index contributed by atoms with van der Waals surface area (Å²) in [5, 5.41) is 9.48. The van der Waals surface area contributed by atoms with Gasteiger partial charge in [0, 0.05) is 30.1 Å². The van der Waals surface area contributed by atoms with Gasteiger partial charge in [-0.1, -0.05) is 31.0 Å². The number of hydrogen-bond donors (Lipinski definition) is 3. The van der Waals surface area contributed by atoms with Crippen LogP contribution in [0.5, 0.6) is 5.75 Å². The summed E-state index contributed by atoms with van der Waals surface area (Å²) in [7, 11) is 3.45. The second-order valence-corrected chi connectivity index (χ2v) is 8.27. The number of nitrogens with one attached hydrogen (secondary N) is 3. The third-order valence-corrected chi connectivity index (χ3v) is 4.99. The van der Waals surface area contributed by atoms with E-state index in [1.807, 2.05) is 32.9 Å². The minimum absolute atomic E-state index is 0.0257. The zero-order valence-electron chi connectivity index (χ0n) is 17.3. The van der Waals surface area contributed by atoms with Crippen LogP contribution in [0, 0.1) is 0 Å². The molecule has 0 heterocycles. The summed E-state index contributed by atoms with van der Waals surface area (Å²) in [6, 6.07) is 8.27. The Balaban J connectivity index is 2.01. The molecule has 6 heteroatoms. The Labute approximate surface area is 163 Å². The van der Waals surface area contributed by atoms with Gasteiger partial charge in [0.05, 0.1) is 13.7 Å². The van der Waals surface area contributed by atoms with E-state index in [2.05, 4.69) is 33.1 Å². The molecule has 1 aliphatic carbocycles. The number of para-hydroxylation sites is 1. The molecule has 0 saturated heterocycles. The molecule has 1 saturated carbocycles. The van der Waals surface area contributed by atoms with Gasteiger partial charge < -0.3 is 20.7 Å². The van der Waals surface area contributed by atoms with Crippen LogP contribution in [0.4, 0.5) is 0 Å². The van der Waals surface area contributed by atoms with Gasteiger partial charge >= 0.3 is 0 Å². The van der Waals surface area contributed by atoms with Crippen LogP contribution in [0.25, 0.3) is 0 Å². The van der Waals surface area contributed by atoms with Crippen LogP contribution in [-0.4, -0.2) is 44.7 Å². The summed E-state index contributed by atoms with van der Waals surface area (Å²) >= 11 is 0. The number of ether oxygens (including phenoxy) is 1. The Hall–Kier alpha value is -2.24. The van der Waals surface area contributed by atoms with Gasteiger partial charge in [-0.15, -0.1) is 0 Å². The van der Waals surface area contributed by atoms with Crippen molar-refractivity contribution < 1.29 is 9.53 Å². The van der Waals surface area contributed by atoms with E-state index in [0.29, 0.717) is 5.96 Å². The number of nitrogens with zero attached hydrogens (tertiary/aromatic N) is 1. The topological polar surface area (TPSA) is 74.8 Å². The maximum Gasteiger partial charge on any atom is 0.239 e. The number of carbonyl (C=O) groups excluding carboxylic acids is 1. The molecule has 1 amide bonds. The third kappa shape index (κ3) is 5.88. The van der Waals surface area contributed by atoms with Gasteiger partial charge in [-0.2, -0.15) is 0 Å². The lowest BCUT2D eigenvalue weighted by Crippen LogP contribution is -2.50. The molecule has 6 nitrogen and oxygen atoms in total. The molecular formula is C21H34N4O2. The lowest BCUT2D eigenvalue weighted by atomic mass is 9.78. The summed E-state index contributed by atoms with van der Waals surface area (Å²) in [6.45, 7) is 6.85. The lowest BCUT2D eigenvalue weighted by molar-refractivity contribution is -0.121. The van der Waals surface area contributed by atoms with Crippen molar-refractivity contribution in [3.8, 4) is 5.75 Å². The van der Waals surface area contributed by atoms with Crippen molar-refractivity contribution >= 4 is 11.9 Å². The highest BCUT2D eigenvalue weighted by molar-refractivity contribution is 5.86. The number of methoxy groups -OCH3 is 1. The van der Waals surface area contributed by atoms with Gasteiger partial charge in [0.25, 0.3) is 0 Å². The molecule has 0 unspecified atom stereocenters. The molecule has 1 aromatic rings. The van der Waals surface area contributed by atoms with Gasteiger partial charge in [0.15, 0.2) is 5.96 Å². The smallest absolute Gasteiger partial charge is 0.239 e. The Morgan fingerprint density at radius 3 is 2.44 bits per heavy atom. The Kier molecular flexibility index (Phi) is 7.11. The van der Waals surface area contributed by atoms with E-state index in [0.717, 1.165) is 25.1 Å².